The molecule has 104 valence electrons. The van der Waals surface area contributed by atoms with E-state index in [2.05, 4.69) is 31.5 Å². The molecule has 0 saturated carbocycles. The molecule has 1 aromatic heterocycles. The fourth-order valence-corrected chi connectivity index (χ4v) is 3.86. The maximum absolute atomic E-state index is 6.33. The van der Waals surface area contributed by atoms with Crippen LogP contribution in [0.2, 0.25) is 5.02 Å². The van der Waals surface area contributed by atoms with Crippen molar-refractivity contribution >= 4 is 22.9 Å². The van der Waals surface area contributed by atoms with Gasteiger partial charge in [0, 0.05) is 10.9 Å². The molecule has 0 fully saturated rings. The Bertz CT molecular complexity index is 318. The molecule has 1 rings (SSSR count). The van der Waals surface area contributed by atoms with Crippen LogP contribution in [0.15, 0.2) is 11.4 Å². The van der Waals surface area contributed by atoms with E-state index in [4.69, 9.17) is 11.6 Å². The third kappa shape index (κ3) is 4.56. The van der Waals surface area contributed by atoms with Gasteiger partial charge in [-0.25, -0.2) is 0 Å². The molecule has 1 nitrogen and oxygen atoms in total. The van der Waals surface area contributed by atoms with Crippen LogP contribution < -0.4 is 5.32 Å². The first-order valence-electron chi connectivity index (χ1n) is 7.20. The summed E-state index contributed by atoms with van der Waals surface area (Å²) < 4.78 is 0. The molecule has 0 aliphatic rings. The van der Waals surface area contributed by atoms with Crippen molar-refractivity contribution in [2.45, 2.75) is 58.9 Å². The maximum Gasteiger partial charge on any atom is 0.0561 e. The van der Waals surface area contributed by atoms with Crippen LogP contribution >= 0.6 is 22.9 Å². The van der Waals surface area contributed by atoms with Gasteiger partial charge in [0.1, 0.15) is 0 Å². The molecule has 0 bridgehead atoms. The summed E-state index contributed by atoms with van der Waals surface area (Å²) in [5.41, 5.74) is 0. The van der Waals surface area contributed by atoms with Crippen molar-refractivity contribution in [2.75, 3.05) is 6.54 Å². The number of thiophene rings is 1. The van der Waals surface area contributed by atoms with Crippen molar-refractivity contribution in [3.63, 3.8) is 0 Å². The topological polar surface area (TPSA) is 12.0 Å². The summed E-state index contributed by atoms with van der Waals surface area (Å²) in [6.45, 7) is 7.84. The Morgan fingerprint density at radius 2 is 1.83 bits per heavy atom. The van der Waals surface area contributed by atoms with E-state index in [0.717, 1.165) is 11.6 Å². The molecular formula is C15H26ClNS. The van der Waals surface area contributed by atoms with Crippen molar-refractivity contribution in [3.8, 4) is 0 Å². The number of halogens is 1. The molecule has 0 aliphatic carbocycles. The second-order valence-electron chi connectivity index (χ2n) is 4.90. The zero-order valence-corrected chi connectivity index (χ0v) is 13.4. The van der Waals surface area contributed by atoms with Gasteiger partial charge in [0.15, 0.2) is 0 Å². The second kappa shape index (κ2) is 8.95. The summed E-state index contributed by atoms with van der Waals surface area (Å²) >= 11 is 8.12. The van der Waals surface area contributed by atoms with E-state index in [1.165, 1.54) is 37.0 Å². The number of hydrogen-bond donors (Lipinski definition) is 1. The highest BCUT2D eigenvalue weighted by molar-refractivity contribution is 7.10. The zero-order chi connectivity index (χ0) is 13.4. The van der Waals surface area contributed by atoms with Crippen molar-refractivity contribution in [3.05, 3.63) is 21.3 Å². The predicted molar refractivity (Wildman–Crippen MR) is 83.7 cm³/mol. The number of nitrogens with one attached hydrogen (secondary N) is 1. The van der Waals surface area contributed by atoms with E-state index < -0.39 is 0 Å². The first-order chi connectivity index (χ1) is 8.74. The lowest BCUT2D eigenvalue weighted by atomic mass is 9.89. The molecule has 1 N–H and O–H groups in total. The third-order valence-corrected chi connectivity index (χ3v) is 4.77. The standard InChI is InChI=1S/C15H26ClNS/c1-4-7-12(8-5-2)14(17-10-6-3)15-13(16)9-11-18-15/h9,11-12,14,17H,4-8,10H2,1-3H3. The Morgan fingerprint density at radius 1 is 1.17 bits per heavy atom. The average molecular weight is 288 g/mol. The Kier molecular flexibility index (Phi) is 7.96. The highest BCUT2D eigenvalue weighted by Crippen LogP contribution is 2.36. The minimum atomic E-state index is 0.442. The Balaban J connectivity index is 2.84. The van der Waals surface area contributed by atoms with Gasteiger partial charge >= 0.3 is 0 Å². The number of rotatable bonds is 9. The highest BCUT2D eigenvalue weighted by atomic mass is 35.5. The molecule has 1 atom stereocenters. The Labute approximate surface area is 121 Å². The van der Waals surface area contributed by atoms with E-state index >= 15 is 0 Å². The summed E-state index contributed by atoms with van der Waals surface area (Å²) in [7, 11) is 0. The van der Waals surface area contributed by atoms with Crippen molar-refractivity contribution < 1.29 is 0 Å². The summed E-state index contributed by atoms with van der Waals surface area (Å²) in [6, 6.07) is 2.47. The normalized spacial score (nSPS) is 13.2. The van der Waals surface area contributed by atoms with Crippen LogP contribution in [0.3, 0.4) is 0 Å². The lowest BCUT2D eigenvalue weighted by Crippen LogP contribution is -2.28. The minimum Gasteiger partial charge on any atom is -0.309 e. The van der Waals surface area contributed by atoms with Gasteiger partial charge in [0.2, 0.25) is 0 Å². The number of hydrogen-bond acceptors (Lipinski definition) is 2. The van der Waals surface area contributed by atoms with Crippen LogP contribution in [-0.4, -0.2) is 6.54 Å². The molecule has 1 heterocycles. The molecule has 0 amide bonds. The summed E-state index contributed by atoms with van der Waals surface area (Å²) in [5.74, 6) is 0.711. The van der Waals surface area contributed by atoms with Crippen LogP contribution in [0.4, 0.5) is 0 Å². The Hall–Kier alpha value is -0.0500. The smallest absolute Gasteiger partial charge is 0.0561 e. The molecule has 0 aliphatic heterocycles. The fourth-order valence-electron chi connectivity index (χ4n) is 2.52. The van der Waals surface area contributed by atoms with Crippen LogP contribution in [-0.2, 0) is 0 Å². The van der Waals surface area contributed by atoms with E-state index in [0.29, 0.717) is 12.0 Å². The van der Waals surface area contributed by atoms with Crippen molar-refractivity contribution in [1.29, 1.82) is 0 Å². The second-order valence-corrected chi connectivity index (χ2v) is 6.26. The van der Waals surface area contributed by atoms with E-state index in [9.17, 15) is 0 Å². The lowest BCUT2D eigenvalue weighted by molar-refractivity contribution is 0.320. The molecule has 18 heavy (non-hydrogen) atoms. The van der Waals surface area contributed by atoms with Gasteiger partial charge in [-0.2, -0.15) is 0 Å². The fraction of sp³-hybridized carbons (Fsp3) is 0.733. The third-order valence-electron chi connectivity index (χ3n) is 3.33. The van der Waals surface area contributed by atoms with Gasteiger partial charge in [-0.15, -0.1) is 11.3 Å². The largest absolute Gasteiger partial charge is 0.309 e. The Morgan fingerprint density at radius 3 is 2.28 bits per heavy atom. The molecule has 3 heteroatoms. The predicted octanol–water partition coefficient (Wildman–Crippen LogP) is 5.66. The molecule has 1 aromatic rings. The van der Waals surface area contributed by atoms with Gasteiger partial charge in [0.25, 0.3) is 0 Å². The molecule has 0 aromatic carbocycles. The quantitative estimate of drug-likeness (QED) is 0.618. The average Bonchev–Trinajstić information content (AvgIpc) is 2.77. The summed E-state index contributed by atoms with van der Waals surface area (Å²) in [6.07, 6.45) is 6.23. The van der Waals surface area contributed by atoms with Crippen molar-refractivity contribution in [1.82, 2.24) is 5.32 Å². The maximum atomic E-state index is 6.33. The van der Waals surface area contributed by atoms with Crippen LogP contribution in [0, 0.1) is 5.92 Å². The van der Waals surface area contributed by atoms with E-state index in [1.807, 2.05) is 6.07 Å². The first-order valence-corrected chi connectivity index (χ1v) is 8.46. The summed E-state index contributed by atoms with van der Waals surface area (Å²) in [4.78, 5) is 1.33. The SMILES string of the molecule is CCCNC(c1sccc1Cl)C(CCC)CCC. The van der Waals surface area contributed by atoms with Gasteiger partial charge in [-0.3, -0.25) is 0 Å². The van der Waals surface area contributed by atoms with Gasteiger partial charge in [0.05, 0.1) is 5.02 Å². The first kappa shape index (κ1) is 16.0. The molecule has 0 spiro atoms. The minimum absolute atomic E-state index is 0.442. The molecule has 0 saturated heterocycles. The van der Waals surface area contributed by atoms with E-state index in [1.54, 1.807) is 11.3 Å². The summed E-state index contributed by atoms with van der Waals surface area (Å²) in [5, 5.41) is 6.75. The molecule has 0 radical (unpaired) electrons. The monoisotopic (exact) mass is 287 g/mol. The zero-order valence-electron chi connectivity index (χ0n) is 11.8. The van der Waals surface area contributed by atoms with Crippen LogP contribution in [0.5, 0.6) is 0 Å². The van der Waals surface area contributed by atoms with Crippen molar-refractivity contribution in [2.24, 2.45) is 5.92 Å². The highest BCUT2D eigenvalue weighted by Gasteiger charge is 2.24. The van der Waals surface area contributed by atoms with Gasteiger partial charge in [-0.05, 0) is 43.2 Å². The lowest BCUT2D eigenvalue weighted by Gasteiger charge is -2.27. The molecular weight excluding hydrogens is 262 g/mol. The van der Waals surface area contributed by atoms with Crippen LogP contribution in [0.1, 0.15) is 63.8 Å². The van der Waals surface area contributed by atoms with Gasteiger partial charge in [-0.1, -0.05) is 45.2 Å². The van der Waals surface area contributed by atoms with Crippen LogP contribution in [0.25, 0.3) is 0 Å². The van der Waals surface area contributed by atoms with E-state index in [-0.39, 0.29) is 0 Å². The van der Waals surface area contributed by atoms with Gasteiger partial charge < -0.3 is 5.32 Å². The molecule has 1 unspecified atom stereocenters.